The zero-order valence-corrected chi connectivity index (χ0v) is 12.8. The molecule has 0 spiro atoms. The second-order valence-electron chi connectivity index (χ2n) is 5.13. The highest BCUT2D eigenvalue weighted by Crippen LogP contribution is 2.12. The third kappa shape index (κ3) is 4.61. The van der Waals surface area contributed by atoms with Crippen molar-refractivity contribution in [2.24, 2.45) is 5.92 Å². The van der Waals surface area contributed by atoms with Gasteiger partial charge < -0.3 is 10.4 Å². The molecule has 1 amide bonds. The predicted molar refractivity (Wildman–Crippen MR) is 77.3 cm³/mol. The summed E-state index contributed by atoms with van der Waals surface area (Å²) in [5.74, 6) is -0.0569. The van der Waals surface area contributed by atoms with Gasteiger partial charge in [0.2, 0.25) is 0 Å². The molecule has 0 radical (unpaired) electrons. The van der Waals surface area contributed by atoms with Crippen molar-refractivity contribution in [3.63, 3.8) is 0 Å². The highest BCUT2D eigenvalue weighted by atomic mass is 32.2. The van der Waals surface area contributed by atoms with Gasteiger partial charge in [-0.2, -0.15) is 0 Å². The van der Waals surface area contributed by atoms with Crippen LogP contribution in [0.1, 0.15) is 30.6 Å². The molecular weight excluding hydrogens is 278 g/mol. The standard InChI is InChI=1S/C14H21NO4S/c1-10(2)13(8-9-16)15-14(17)11-4-6-12(7-5-11)20(3,18)19/h4-7,10,13,16H,8-9H2,1-3H3,(H,15,17). The molecule has 1 aromatic carbocycles. The third-order valence-electron chi connectivity index (χ3n) is 3.11. The topological polar surface area (TPSA) is 83.5 Å². The Morgan fingerprint density at radius 3 is 2.20 bits per heavy atom. The van der Waals surface area contributed by atoms with Crippen LogP contribution in [0.2, 0.25) is 0 Å². The first-order valence-electron chi connectivity index (χ1n) is 6.47. The molecule has 0 bridgehead atoms. The molecule has 0 aromatic heterocycles. The molecule has 1 aromatic rings. The number of benzene rings is 1. The molecule has 6 heteroatoms. The Morgan fingerprint density at radius 2 is 1.80 bits per heavy atom. The first-order chi connectivity index (χ1) is 9.25. The zero-order valence-electron chi connectivity index (χ0n) is 12.0. The first kappa shape index (κ1) is 16.7. The normalized spacial score (nSPS) is 13.2. The van der Waals surface area contributed by atoms with Crippen LogP contribution in [-0.2, 0) is 9.84 Å². The second-order valence-corrected chi connectivity index (χ2v) is 7.15. The number of rotatable bonds is 6. The number of amides is 1. The predicted octanol–water partition coefficient (Wildman–Crippen LogP) is 1.23. The molecule has 0 aliphatic heterocycles. The summed E-state index contributed by atoms with van der Waals surface area (Å²) in [7, 11) is -3.26. The molecule has 0 heterocycles. The summed E-state index contributed by atoms with van der Waals surface area (Å²) in [5.41, 5.74) is 0.404. The first-order valence-corrected chi connectivity index (χ1v) is 8.36. The van der Waals surface area contributed by atoms with E-state index < -0.39 is 9.84 Å². The van der Waals surface area contributed by atoms with E-state index in [1.54, 1.807) is 0 Å². The lowest BCUT2D eigenvalue weighted by Gasteiger charge is -2.21. The monoisotopic (exact) mass is 299 g/mol. The van der Waals surface area contributed by atoms with E-state index in [1.165, 1.54) is 24.3 Å². The van der Waals surface area contributed by atoms with Gasteiger partial charge in [-0.25, -0.2) is 8.42 Å². The van der Waals surface area contributed by atoms with Gasteiger partial charge in [-0.1, -0.05) is 13.8 Å². The van der Waals surface area contributed by atoms with Gasteiger partial charge in [0, 0.05) is 24.5 Å². The number of aliphatic hydroxyl groups is 1. The van der Waals surface area contributed by atoms with Crippen molar-refractivity contribution >= 4 is 15.7 Å². The lowest BCUT2D eigenvalue weighted by atomic mass is 10.0. The van der Waals surface area contributed by atoms with E-state index >= 15 is 0 Å². The molecule has 1 unspecified atom stereocenters. The summed E-state index contributed by atoms with van der Waals surface area (Å²) in [6.07, 6.45) is 1.61. The van der Waals surface area contributed by atoms with Crippen molar-refractivity contribution < 1.29 is 18.3 Å². The summed E-state index contributed by atoms with van der Waals surface area (Å²) in [6.45, 7) is 3.94. The van der Waals surface area contributed by atoms with Gasteiger partial charge >= 0.3 is 0 Å². The van der Waals surface area contributed by atoms with Crippen LogP contribution >= 0.6 is 0 Å². The Bertz CT molecular complexity index is 549. The second kappa shape index (κ2) is 6.85. The van der Waals surface area contributed by atoms with Gasteiger partial charge in [-0.15, -0.1) is 0 Å². The average molecular weight is 299 g/mol. The molecule has 1 atom stereocenters. The summed E-state index contributed by atoms with van der Waals surface area (Å²) in [6, 6.07) is 5.70. The number of hydrogen-bond acceptors (Lipinski definition) is 4. The van der Waals surface area contributed by atoms with Gasteiger partial charge in [0.15, 0.2) is 9.84 Å². The van der Waals surface area contributed by atoms with Crippen LogP contribution in [-0.4, -0.2) is 38.3 Å². The quantitative estimate of drug-likeness (QED) is 0.827. The van der Waals surface area contributed by atoms with Crippen LogP contribution in [0, 0.1) is 5.92 Å². The van der Waals surface area contributed by atoms with Crippen molar-refractivity contribution in [3.8, 4) is 0 Å². The molecular formula is C14H21NO4S. The SMILES string of the molecule is CC(C)C(CCO)NC(=O)c1ccc(S(C)(=O)=O)cc1. The van der Waals surface area contributed by atoms with Crippen LogP contribution in [0.25, 0.3) is 0 Å². The number of aliphatic hydroxyl groups excluding tert-OH is 1. The lowest BCUT2D eigenvalue weighted by Crippen LogP contribution is -2.39. The highest BCUT2D eigenvalue weighted by Gasteiger charge is 2.17. The van der Waals surface area contributed by atoms with Crippen LogP contribution in [0.4, 0.5) is 0 Å². The number of nitrogens with one attached hydrogen (secondary N) is 1. The van der Waals surface area contributed by atoms with E-state index in [-0.39, 0.29) is 29.4 Å². The Kier molecular flexibility index (Phi) is 5.71. The minimum absolute atomic E-state index is 0.0101. The number of hydrogen-bond donors (Lipinski definition) is 2. The molecule has 0 saturated heterocycles. The number of sulfone groups is 1. The Morgan fingerprint density at radius 1 is 1.25 bits per heavy atom. The Balaban J connectivity index is 2.82. The van der Waals surface area contributed by atoms with Crippen LogP contribution < -0.4 is 5.32 Å². The molecule has 5 nitrogen and oxygen atoms in total. The molecule has 0 saturated carbocycles. The summed E-state index contributed by atoms with van der Waals surface area (Å²) in [5, 5.41) is 11.8. The van der Waals surface area contributed by atoms with E-state index in [0.717, 1.165) is 6.26 Å². The van der Waals surface area contributed by atoms with Crippen molar-refractivity contribution in [1.82, 2.24) is 5.32 Å². The summed E-state index contributed by atoms with van der Waals surface area (Å²) >= 11 is 0. The molecule has 20 heavy (non-hydrogen) atoms. The fraction of sp³-hybridized carbons (Fsp3) is 0.500. The Labute approximate surface area is 119 Å². The maximum atomic E-state index is 12.1. The number of carbonyl (C=O) groups excluding carboxylic acids is 1. The summed E-state index contributed by atoms with van der Waals surface area (Å²) < 4.78 is 22.7. The molecule has 112 valence electrons. The van der Waals surface area contributed by atoms with Crippen molar-refractivity contribution in [1.29, 1.82) is 0 Å². The van der Waals surface area contributed by atoms with Crippen molar-refractivity contribution in [2.75, 3.05) is 12.9 Å². The zero-order chi connectivity index (χ0) is 15.3. The largest absolute Gasteiger partial charge is 0.396 e. The third-order valence-corrected chi connectivity index (χ3v) is 4.23. The maximum absolute atomic E-state index is 12.1. The molecule has 1 rings (SSSR count). The van der Waals surface area contributed by atoms with Gasteiger partial charge in [0.05, 0.1) is 4.90 Å². The molecule has 0 aliphatic rings. The van der Waals surface area contributed by atoms with E-state index in [0.29, 0.717) is 12.0 Å². The van der Waals surface area contributed by atoms with E-state index in [4.69, 9.17) is 5.11 Å². The van der Waals surface area contributed by atoms with Crippen LogP contribution in [0.3, 0.4) is 0 Å². The molecule has 0 fully saturated rings. The van der Waals surface area contributed by atoms with E-state index in [1.807, 2.05) is 13.8 Å². The Hall–Kier alpha value is -1.40. The molecule has 2 N–H and O–H groups in total. The van der Waals surface area contributed by atoms with Gasteiger partial charge in [0.25, 0.3) is 5.91 Å². The van der Waals surface area contributed by atoms with Crippen LogP contribution in [0.15, 0.2) is 29.2 Å². The molecule has 0 aliphatic carbocycles. The van der Waals surface area contributed by atoms with Gasteiger partial charge in [-0.05, 0) is 36.6 Å². The minimum atomic E-state index is -3.26. The van der Waals surface area contributed by atoms with Crippen LogP contribution in [0.5, 0.6) is 0 Å². The van der Waals surface area contributed by atoms with Gasteiger partial charge in [-0.3, -0.25) is 4.79 Å². The van der Waals surface area contributed by atoms with Crippen molar-refractivity contribution in [2.45, 2.75) is 31.2 Å². The smallest absolute Gasteiger partial charge is 0.251 e. The lowest BCUT2D eigenvalue weighted by molar-refractivity contribution is 0.0916. The highest BCUT2D eigenvalue weighted by molar-refractivity contribution is 7.90. The van der Waals surface area contributed by atoms with E-state index in [2.05, 4.69) is 5.32 Å². The minimum Gasteiger partial charge on any atom is -0.396 e. The fourth-order valence-electron chi connectivity index (χ4n) is 1.82. The number of carbonyl (C=O) groups is 1. The maximum Gasteiger partial charge on any atom is 0.251 e. The fourth-order valence-corrected chi connectivity index (χ4v) is 2.45. The summed E-state index contributed by atoms with van der Waals surface area (Å²) in [4.78, 5) is 12.2. The van der Waals surface area contributed by atoms with Crippen molar-refractivity contribution in [3.05, 3.63) is 29.8 Å². The van der Waals surface area contributed by atoms with E-state index in [9.17, 15) is 13.2 Å². The average Bonchev–Trinajstić information content (AvgIpc) is 2.37. The van der Waals surface area contributed by atoms with Gasteiger partial charge in [0.1, 0.15) is 0 Å².